The Bertz CT molecular complexity index is 838. The van der Waals surface area contributed by atoms with Crippen molar-refractivity contribution in [3.05, 3.63) is 102 Å². The molecule has 1 aliphatic rings. The molecule has 0 spiro atoms. The molecule has 0 bridgehead atoms. The summed E-state index contributed by atoms with van der Waals surface area (Å²) in [4.78, 5) is 0. The molecular weight excluding hydrogens is 352 g/mol. The molecule has 4 heteroatoms. The van der Waals surface area contributed by atoms with Crippen LogP contribution in [0, 0.1) is 0 Å². The maximum Gasteiger partial charge on any atom is 0.184 e. The molecule has 3 aromatic carbocycles. The van der Waals surface area contributed by atoms with Gasteiger partial charge in [-0.05, 0) is 23.3 Å². The summed E-state index contributed by atoms with van der Waals surface area (Å²) in [7, 11) is 3.38. The Morgan fingerprint density at radius 1 is 0.786 bits per heavy atom. The largest absolute Gasteiger partial charge is 0.497 e. The third-order valence-electron chi connectivity index (χ3n) is 5.26. The fraction of sp³-hybridized carbons (Fsp3) is 0.250. The number of rotatable bonds is 6. The van der Waals surface area contributed by atoms with Crippen molar-refractivity contribution >= 4 is 0 Å². The van der Waals surface area contributed by atoms with Crippen molar-refractivity contribution in [1.82, 2.24) is 0 Å². The average molecular weight is 376 g/mol. The first-order valence-corrected chi connectivity index (χ1v) is 9.35. The Balaban J connectivity index is 1.70. The van der Waals surface area contributed by atoms with Crippen LogP contribution in [0.3, 0.4) is 0 Å². The minimum absolute atomic E-state index is 0.297. The molecule has 1 saturated heterocycles. The zero-order chi connectivity index (χ0) is 19.4. The maximum absolute atomic E-state index is 6.40. The van der Waals surface area contributed by atoms with Crippen LogP contribution < -0.4 is 4.74 Å². The minimum Gasteiger partial charge on any atom is -0.497 e. The van der Waals surface area contributed by atoms with Crippen molar-refractivity contribution in [2.24, 2.45) is 0 Å². The van der Waals surface area contributed by atoms with E-state index in [0.29, 0.717) is 6.61 Å². The smallest absolute Gasteiger partial charge is 0.184 e. The van der Waals surface area contributed by atoms with E-state index in [1.807, 2.05) is 60.7 Å². The average Bonchev–Trinajstić information content (AvgIpc) is 3.27. The Hall–Kier alpha value is -2.66. The molecule has 3 aromatic rings. The van der Waals surface area contributed by atoms with Crippen molar-refractivity contribution in [1.29, 1.82) is 0 Å². The molecule has 1 heterocycles. The van der Waals surface area contributed by atoms with Gasteiger partial charge in [-0.2, -0.15) is 0 Å². The van der Waals surface area contributed by atoms with Crippen LogP contribution in [0.1, 0.15) is 23.0 Å². The highest BCUT2D eigenvalue weighted by Gasteiger charge is 2.48. The van der Waals surface area contributed by atoms with Crippen LogP contribution in [0.5, 0.6) is 5.75 Å². The van der Waals surface area contributed by atoms with E-state index >= 15 is 0 Å². The number of benzene rings is 3. The van der Waals surface area contributed by atoms with Gasteiger partial charge in [0.15, 0.2) is 6.29 Å². The maximum atomic E-state index is 6.40. The van der Waals surface area contributed by atoms with Gasteiger partial charge in [-0.1, -0.05) is 72.8 Å². The summed E-state index contributed by atoms with van der Waals surface area (Å²) >= 11 is 0. The summed E-state index contributed by atoms with van der Waals surface area (Å²) in [5.41, 5.74) is 2.26. The van der Waals surface area contributed by atoms with Crippen LogP contribution in [0.4, 0.5) is 0 Å². The molecular formula is C24H24O4. The first kappa shape index (κ1) is 18.7. The van der Waals surface area contributed by atoms with Gasteiger partial charge in [-0.25, -0.2) is 0 Å². The predicted octanol–water partition coefficient (Wildman–Crippen LogP) is 4.70. The summed E-state index contributed by atoms with van der Waals surface area (Å²) in [5.74, 6) is 0.804. The van der Waals surface area contributed by atoms with E-state index in [2.05, 4.69) is 24.3 Å². The first-order chi connectivity index (χ1) is 13.8. The highest BCUT2D eigenvalue weighted by Crippen LogP contribution is 2.43. The molecule has 4 nitrogen and oxygen atoms in total. The number of hydrogen-bond donors (Lipinski definition) is 0. The molecule has 1 fully saturated rings. The topological polar surface area (TPSA) is 36.9 Å². The van der Waals surface area contributed by atoms with Crippen molar-refractivity contribution in [3.63, 3.8) is 0 Å². The zero-order valence-electron chi connectivity index (χ0n) is 16.1. The van der Waals surface area contributed by atoms with Crippen LogP contribution in [0.25, 0.3) is 0 Å². The Morgan fingerprint density at radius 2 is 1.36 bits per heavy atom. The molecule has 0 N–H and O–H groups in total. The molecule has 0 radical (unpaired) electrons. The lowest BCUT2D eigenvalue weighted by Crippen LogP contribution is -2.44. The fourth-order valence-electron chi connectivity index (χ4n) is 3.83. The Morgan fingerprint density at radius 3 is 1.86 bits per heavy atom. The molecule has 2 atom stereocenters. The Labute approximate surface area is 165 Å². The molecule has 144 valence electrons. The molecule has 0 saturated carbocycles. The lowest BCUT2D eigenvalue weighted by Gasteiger charge is -2.37. The summed E-state index contributed by atoms with van der Waals surface area (Å²) in [6.07, 6.45) is -0.743. The molecule has 0 aromatic heterocycles. The van der Waals surface area contributed by atoms with Crippen molar-refractivity contribution in [2.45, 2.75) is 18.0 Å². The standard InChI is InChI=1S/C24H24O4/c1-25-21-15-13-18(14-16-21)23-27-17-22(28-23)24(26-2,19-9-5-3-6-10-19)20-11-7-4-8-12-20/h3-16,22-23H,17H2,1-2H3. The summed E-state index contributed by atoms with van der Waals surface area (Å²) in [6, 6.07) is 28.1. The van der Waals surface area contributed by atoms with E-state index < -0.39 is 11.9 Å². The van der Waals surface area contributed by atoms with Crippen LogP contribution >= 0.6 is 0 Å². The van der Waals surface area contributed by atoms with Gasteiger partial charge in [0, 0.05) is 12.7 Å². The van der Waals surface area contributed by atoms with E-state index in [0.717, 1.165) is 22.4 Å². The first-order valence-electron chi connectivity index (χ1n) is 9.35. The van der Waals surface area contributed by atoms with Crippen LogP contribution in [-0.4, -0.2) is 26.9 Å². The Kier molecular flexibility index (Phi) is 5.44. The highest BCUT2D eigenvalue weighted by molar-refractivity contribution is 5.39. The molecule has 28 heavy (non-hydrogen) atoms. The normalized spacial score (nSPS) is 19.5. The second-order valence-electron chi connectivity index (χ2n) is 6.73. The summed E-state index contributed by atoms with van der Waals surface area (Å²) in [5, 5.41) is 0. The monoisotopic (exact) mass is 376 g/mol. The van der Waals surface area contributed by atoms with E-state index in [4.69, 9.17) is 18.9 Å². The van der Waals surface area contributed by atoms with Gasteiger partial charge in [0.1, 0.15) is 17.5 Å². The van der Waals surface area contributed by atoms with E-state index in [1.165, 1.54) is 0 Å². The fourth-order valence-corrected chi connectivity index (χ4v) is 3.83. The third-order valence-corrected chi connectivity index (χ3v) is 5.26. The number of ether oxygens (including phenoxy) is 4. The van der Waals surface area contributed by atoms with Gasteiger partial charge in [0.05, 0.1) is 13.7 Å². The number of methoxy groups -OCH3 is 2. The van der Waals surface area contributed by atoms with E-state index in [9.17, 15) is 0 Å². The molecule has 4 rings (SSSR count). The van der Waals surface area contributed by atoms with Crippen molar-refractivity contribution < 1.29 is 18.9 Å². The summed E-state index contributed by atoms with van der Waals surface area (Å²) in [6.45, 7) is 0.425. The second kappa shape index (κ2) is 8.15. The predicted molar refractivity (Wildman–Crippen MR) is 107 cm³/mol. The lowest BCUT2D eigenvalue weighted by atomic mass is 9.81. The third kappa shape index (κ3) is 3.31. The zero-order valence-corrected chi connectivity index (χ0v) is 16.1. The van der Waals surface area contributed by atoms with E-state index in [-0.39, 0.29) is 6.10 Å². The van der Waals surface area contributed by atoms with Crippen molar-refractivity contribution in [2.75, 3.05) is 20.8 Å². The van der Waals surface area contributed by atoms with Gasteiger partial charge in [-0.3, -0.25) is 0 Å². The van der Waals surface area contributed by atoms with Gasteiger partial charge < -0.3 is 18.9 Å². The van der Waals surface area contributed by atoms with Gasteiger partial charge in [-0.15, -0.1) is 0 Å². The molecule has 1 aliphatic heterocycles. The van der Waals surface area contributed by atoms with Gasteiger partial charge in [0.2, 0.25) is 0 Å². The van der Waals surface area contributed by atoms with Crippen molar-refractivity contribution in [3.8, 4) is 5.75 Å². The number of hydrogen-bond acceptors (Lipinski definition) is 4. The van der Waals surface area contributed by atoms with Gasteiger partial charge >= 0.3 is 0 Å². The van der Waals surface area contributed by atoms with E-state index in [1.54, 1.807) is 14.2 Å². The molecule has 2 unspecified atom stereocenters. The van der Waals surface area contributed by atoms with Gasteiger partial charge in [0.25, 0.3) is 0 Å². The molecule has 0 amide bonds. The summed E-state index contributed by atoms with van der Waals surface area (Å²) < 4.78 is 23.9. The SMILES string of the molecule is COc1ccc(C2OCC(C(OC)(c3ccccc3)c3ccccc3)O2)cc1. The van der Waals surface area contributed by atoms with Crippen LogP contribution in [0.2, 0.25) is 0 Å². The minimum atomic E-state index is -0.760. The molecule has 0 aliphatic carbocycles. The lowest BCUT2D eigenvalue weighted by molar-refractivity contribution is -0.122. The quantitative estimate of drug-likeness (QED) is 0.625. The second-order valence-corrected chi connectivity index (χ2v) is 6.73. The van der Waals surface area contributed by atoms with Crippen LogP contribution in [-0.2, 0) is 19.8 Å². The van der Waals surface area contributed by atoms with Crippen LogP contribution in [0.15, 0.2) is 84.9 Å². The highest BCUT2D eigenvalue weighted by atomic mass is 16.7.